The van der Waals surface area contributed by atoms with Gasteiger partial charge in [0.1, 0.15) is 0 Å². The molecule has 1 aliphatic carbocycles. The molecule has 1 aliphatic rings. The Labute approximate surface area is 171 Å². The van der Waals surface area contributed by atoms with Crippen molar-refractivity contribution in [3.8, 4) is 0 Å². The lowest BCUT2D eigenvalue weighted by atomic mass is 9.78. The minimum absolute atomic E-state index is 0.0303. The van der Waals surface area contributed by atoms with Crippen molar-refractivity contribution in [3.63, 3.8) is 0 Å². The maximum Gasteiger partial charge on any atom is 0.255 e. The van der Waals surface area contributed by atoms with Crippen molar-refractivity contribution < 1.29 is 9.59 Å². The largest absolute Gasteiger partial charge is 0.325 e. The molecule has 0 spiro atoms. The third-order valence-corrected chi connectivity index (χ3v) is 5.65. The molecule has 0 heterocycles. The third-order valence-electron chi connectivity index (χ3n) is 5.65. The first-order valence-corrected chi connectivity index (χ1v) is 10.0. The Morgan fingerprint density at radius 2 is 1.21 bits per heavy atom. The second-order valence-electron chi connectivity index (χ2n) is 7.51. The molecule has 1 saturated carbocycles. The van der Waals surface area contributed by atoms with Gasteiger partial charge in [0.15, 0.2) is 0 Å². The van der Waals surface area contributed by atoms with E-state index in [0.717, 1.165) is 36.9 Å². The van der Waals surface area contributed by atoms with Crippen molar-refractivity contribution in [2.75, 3.05) is 10.6 Å². The van der Waals surface area contributed by atoms with E-state index in [1.54, 1.807) is 24.3 Å². The molecule has 0 atom stereocenters. The average Bonchev–Trinajstić information content (AvgIpc) is 3.27. The number of para-hydroxylation sites is 1. The number of hydrogen-bond donors (Lipinski definition) is 2. The van der Waals surface area contributed by atoms with E-state index in [1.165, 1.54) is 0 Å². The van der Waals surface area contributed by atoms with E-state index >= 15 is 0 Å². The molecule has 0 aromatic heterocycles. The van der Waals surface area contributed by atoms with E-state index < -0.39 is 5.41 Å². The molecule has 146 valence electrons. The summed E-state index contributed by atoms with van der Waals surface area (Å²) in [5, 5.41) is 5.93. The molecule has 3 aromatic carbocycles. The number of benzene rings is 3. The highest BCUT2D eigenvalue weighted by Gasteiger charge is 2.42. The second kappa shape index (κ2) is 8.31. The second-order valence-corrected chi connectivity index (χ2v) is 7.51. The summed E-state index contributed by atoms with van der Waals surface area (Å²) in [6.45, 7) is 0. The Morgan fingerprint density at radius 1 is 0.655 bits per heavy atom. The normalized spacial score (nSPS) is 14.9. The number of rotatable bonds is 5. The molecule has 4 rings (SSSR count). The minimum Gasteiger partial charge on any atom is -0.325 e. The zero-order valence-electron chi connectivity index (χ0n) is 16.2. The van der Waals surface area contributed by atoms with E-state index in [0.29, 0.717) is 11.3 Å². The van der Waals surface area contributed by atoms with Gasteiger partial charge in [-0.3, -0.25) is 9.59 Å². The van der Waals surface area contributed by atoms with Crippen molar-refractivity contribution >= 4 is 23.2 Å². The van der Waals surface area contributed by atoms with Crippen LogP contribution in [0.5, 0.6) is 0 Å². The van der Waals surface area contributed by atoms with Gasteiger partial charge in [-0.05, 0) is 54.8 Å². The SMILES string of the molecule is O=C(Nc1ccccc1)c1ccc(NC(=O)C2(c3ccccc3)CCCC2)cc1. The van der Waals surface area contributed by atoms with Crippen LogP contribution in [0.1, 0.15) is 41.6 Å². The molecule has 0 saturated heterocycles. The topological polar surface area (TPSA) is 58.2 Å². The highest BCUT2D eigenvalue weighted by atomic mass is 16.2. The van der Waals surface area contributed by atoms with E-state index in [4.69, 9.17) is 0 Å². The zero-order chi connectivity index (χ0) is 20.1. The summed E-state index contributed by atoms with van der Waals surface area (Å²) < 4.78 is 0. The summed E-state index contributed by atoms with van der Waals surface area (Å²) in [6.07, 6.45) is 3.84. The first-order valence-electron chi connectivity index (χ1n) is 10.0. The lowest BCUT2D eigenvalue weighted by Crippen LogP contribution is -2.37. The molecule has 0 bridgehead atoms. The fourth-order valence-corrected chi connectivity index (χ4v) is 4.06. The monoisotopic (exact) mass is 384 g/mol. The number of amides is 2. The maximum absolute atomic E-state index is 13.2. The third kappa shape index (κ3) is 4.06. The van der Waals surface area contributed by atoms with Crippen molar-refractivity contribution in [2.24, 2.45) is 0 Å². The van der Waals surface area contributed by atoms with Crippen LogP contribution in [-0.2, 0) is 10.2 Å². The Balaban J connectivity index is 1.47. The lowest BCUT2D eigenvalue weighted by molar-refractivity contribution is -0.121. The number of carbonyl (C=O) groups is 2. The van der Waals surface area contributed by atoms with Gasteiger partial charge in [0.05, 0.1) is 5.41 Å². The number of hydrogen-bond acceptors (Lipinski definition) is 2. The first kappa shape index (κ1) is 18.9. The predicted molar refractivity (Wildman–Crippen MR) is 116 cm³/mol. The van der Waals surface area contributed by atoms with E-state index in [-0.39, 0.29) is 11.8 Å². The Kier molecular flexibility index (Phi) is 5.43. The summed E-state index contributed by atoms with van der Waals surface area (Å²) in [7, 11) is 0. The Bertz CT molecular complexity index is 976. The zero-order valence-corrected chi connectivity index (χ0v) is 16.2. The average molecular weight is 384 g/mol. The molecule has 1 fully saturated rings. The smallest absolute Gasteiger partial charge is 0.255 e. The standard InChI is InChI=1S/C25H24N2O2/c28-23(26-21-11-5-2-6-12-21)19-13-15-22(16-14-19)27-24(29)25(17-7-8-18-25)20-9-3-1-4-10-20/h1-6,9-16H,7-8,17-18H2,(H,26,28)(H,27,29). The lowest BCUT2D eigenvalue weighted by Gasteiger charge is -2.28. The molecule has 3 aromatic rings. The first-order chi connectivity index (χ1) is 14.2. The number of carbonyl (C=O) groups excluding carboxylic acids is 2. The molecular formula is C25H24N2O2. The maximum atomic E-state index is 13.2. The van der Waals surface area contributed by atoms with Crippen LogP contribution in [-0.4, -0.2) is 11.8 Å². The summed E-state index contributed by atoms with van der Waals surface area (Å²) >= 11 is 0. The Hall–Kier alpha value is -3.40. The van der Waals surface area contributed by atoms with E-state index in [1.807, 2.05) is 60.7 Å². The molecule has 2 N–H and O–H groups in total. The summed E-state index contributed by atoms with van der Waals surface area (Å²) in [5.74, 6) is -0.145. The summed E-state index contributed by atoms with van der Waals surface area (Å²) in [5.41, 5.74) is 2.61. The van der Waals surface area contributed by atoms with E-state index in [2.05, 4.69) is 10.6 Å². The molecule has 0 aliphatic heterocycles. The van der Waals surface area contributed by atoms with E-state index in [9.17, 15) is 9.59 Å². The predicted octanol–water partition coefficient (Wildman–Crippen LogP) is 5.39. The molecule has 4 heteroatoms. The summed E-state index contributed by atoms with van der Waals surface area (Å²) in [6, 6.07) is 26.4. The highest BCUT2D eigenvalue weighted by Crippen LogP contribution is 2.42. The fraction of sp³-hybridized carbons (Fsp3) is 0.200. The van der Waals surface area contributed by atoms with Gasteiger partial charge >= 0.3 is 0 Å². The van der Waals surface area contributed by atoms with Crippen LogP contribution in [0.15, 0.2) is 84.9 Å². The minimum atomic E-state index is -0.468. The Morgan fingerprint density at radius 3 is 1.83 bits per heavy atom. The van der Waals surface area contributed by atoms with Crippen LogP contribution < -0.4 is 10.6 Å². The van der Waals surface area contributed by atoms with Crippen LogP contribution >= 0.6 is 0 Å². The van der Waals surface area contributed by atoms with Gasteiger partial charge in [-0.1, -0.05) is 61.4 Å². The van der Waals surface area contributed by atoms with Crippen molar-refractivity contribution in [1.29, 1.82) is 0 Å². The van der Waals surface area contributed by atoms with Crippen LogP contribution in [0.25, 0.3) is 0 Å². The van der Waals surface area contributed by atoms with Crippen molar-refractivity contribution in [1.82, 2.24) is 0 Å². The molecule has 29 heavy (non-hydrogen) atoms. The van der Waals surface area contributed by atoms with Gasteiger partial charge in [-0.2, -0.15) is 0 Å². The molecular weight excluding hydrogens is 360 g/mol. The van der Waals surface area contributed by atoms with Gasteiger partial charge in [0, 0.05) is 16.9 Å². The highest BCUT2D eigenvalue weighted by molar-refractivity contribution is 6.05. The van der Waals surface area contributed by atoms with Gasteiger partial charge in [-0.25, -0.2) is 0 Å². The summed E-state index contributed by atoms with van der Waals surface area (Å²) in [4.78, 5) is 25.6. The van der Waals surface area contributed by atoms with Gasteiger partial charge in [0.25, 0.3) is 5.91 Å². The van der Waals surface area contributed by atoms with Gasteiger partial charge in [0.2, 0.25) is 5.91 Å². The number of anilines is 2. The van der Waals surface area contributed by atoms with Crippen LogP contribution in [0.4, 0.5) is 11.4 Å². The van der Waals surface area contributed by atoms with Crippen LogP contribution in [0.2, 0.25) is 0 Å². The molecule has 2 amide bonds. The molecule has 0 radical (unpaired) electrons. The van der Waals surface area contributed by atoms with Crippen molar-refractivity contribution in [3.05, 3.63) is 96.1 Å². The molecule has 4 nitrogen and oxygen atoms in total. The van der Waals surface area contributed by atoms with Crippen LogP contribution in [0.3, 0.4) is 0 Å². The fourth-order valence-electron chi connectivity index (χ4n) is 4.06. The van der Waals surface area contributed by atoms with Crippen LogP contribution in [0, 0.1) is 0 Å². The van der Waals surface area contributed by atoms with Gasteiger partial charge < -0.3 is 10.6 Å². The quantitative estimate of drug-likeness (QED) is 0.620. The van der Waals surface area contributed by atoms with Crippen molar-refractivity contribution in [2.45, 2.75) is 31.1 Å². The molecule has 0 unspecified atom stereocenters. The number of nitrogens with one attached hydrogen (secondary N) is 2. The van der Waals surface area contributed by atoms with Gasteiger partial charge in [-0.15, -0.1) is 0 Å².